The molecule has 0 aliphatic carbocycles. The van der Waals surface area contributed by atoms with Crippen LogP contribution in [0.4, 0.5) is 0 Å². The zero-order valence-electron chi connectivity index (χ0n) is 10.7. The Hall–Kier alpha value is -1.46. The van der Waals surface area contributed by atoms with Crippen molar-refractivity contribution in [3.63, 3.8) is 0 Å². The fourth-order valence-corrected chi connectivity index (χ4v) is 0.551. The first-order valence-electron chi connectivity index (χ1n) is 5.00. The van der Waals surface area contributed by atoms with E-state index in [1.807, 2.05) is 20.8 Å². The molecule has 16 heavy (non-hydrogen) atoms. The summed E-state index contributed by atoms with van der Waals surface area (Å²) in [6.45, 7) is 10.5. The number of nitrogens with zero attached hydrogens (tertiary/aromatic N) is 3. The summed E-state index contributed by atoms with van der Waals surface area (Å²) in [6.07, 6.45) is 0. The van der Waals surface area contributed by atoms with Crippen LogP contribution in [0, 0.1) is 0 Å². The lowest BCUT2D eigenvalue weighted by molar-refractivity contribution is -0.141. The van der Waals surface area contributed by atoms with Crippen molar-refractivity contribution in [2.75, 3.05) is 0 Å². The first-order chi connectivity index (χ1) is 7.04. The lowest BCUT2D eigenvalue weighted by atomic mass is 10.1. The zero-order chi connectivity index (χ0) is 13.0. The minimum Gasteiger partial charge on any atom is -0.382 e. The number of rotatable bonds is 3. The van der Waals surface area contributed by atoms with Crippen LogP contribution < -0.4 is 5.73 Å². The van der Waals surface area contributed by atoms with Crippen LogP contribution in [0.3, 0.4) is 0 Å². The molecule has 0 saturated heterocycles. The lowest BCUT2D eigenvalue weighted by Crippen LogP contribution is -2.37. The van der Waals surface area contributed by atoms with Crippen molar-refractivity contribution in [3.8, 4) is 0 Å². The van der Waals surface area contributed by atoms with Crippen molar-refractivity contribution < 1.29 is 9.63 Å². The van der Waals surface area contributed by atoms with Crippen molar-refractivity contribution in [3.05, 3.63) is 0 Å². The summed E-state index contributed by atoms with van der Waals surface area (Å²) in [7, 11) is 0. The van der Waals surface area contributed by atoms with E-state index in [2.05, 4.69) is 20.2 Å². The molecule has 6 heteroatoms. The highest BCUT2D eigenvalue weighted by atomic mass is 16.7. The van der Waals surface area contributed by atoms with E-state index >= 15 is 0 Å². The summed E-state index contributed by atoms with van der Waals surface area (Å²) in [6, 6.07) is 0. The van der Waals surface area contributed by atoms with Gasteiger partial charge in [0.1, 0.15) is 5.54 Å². The third-order valence-electron chi connectivity index (χ3n) is 1.50. The second-order valence-corrected chi connectivity index (χ2v) is 4.99. The molecule has 0 bridgehead atoms. The standard InChI is InChI=1S/C10H20N4O2/c1-7(15)16-12-8(11)10(5,6)14-13-9(2,3)4/h1-6H3,(H2,11,12). The van der Waals surface area contributed by atoms with Gasteiger partial charge >= 0.3 is 5.97 Å². The van der Waals surface area contributed by atoms with E-state index in [1.165, 1.54) is 6.92 Å². The molecule has 0 atom stereocenters. The van der Waals surface area contributed by atoms with Crippen LogP contribution in [-0.4, -0.2) is 22.9 Å². The number of oxime groups is 1. The number of amidine groups is 1. The van der Waals surface area contributed by atoms with Crippen molar-refractivity contribution in [1.82, 2.24) is 0 Å². The Morgan fingerprint density at radius 3 is 2.00 bits per heavy atom. The predicted octanol–water partition coefficient (Wildman–Crippen LogP) is 1.85. The highest BCUT2D eigenvalue weighted by Crippen LogP contribution is 2.15. The van der Waals surface area contributed by atoms with E-state index < -0.39 is 11.5 Å². The average Bonchev–Trinajstić information content (AvgIpc) is 2.10. The Morgan fingerprint density at radius 2 is 1.62 bits per heavy atom. The van der Waals surface area contributed by atoms with Gasteiger partial charge in [0.15, 0.2) is 5.84 Å². The Kier molecular flexibility index (Phi) is 4.59. The monoisotopic (exact) mass is 228 g/mol. The molecule has 0 unspecified atom stereocenters. The third kappa shape index (κ3) is 6.10. The largest absolute Gasteiger partial charge is 0.382 e. The number of carbonyl (C=O) groups excluding carboxylic acids is 1. The maximum absolute atomic E-state index is 10.6. The molecule has 0 aliphatic heterocycles. The summed E-state index contributed by atoms with van der Waals surface area (Å²) < 4.78 is 0. The molecule has 0 aliphatic rings. The van der Waals surface area contributed by atoms with Gasteiger partial charge in [0, 0.05) is 6.92 Å². The Balaban J connectivity index is 4.72. The van der Waals surface area contributed by atoms with Gasteiger partial charge in [0.25, 0.3) is 0 Å². The summed E-state index contributed by atoms with van der Waals surface area (Å²) in [5.74, 6) is -0.415. The Bertz CT molecular complexity index is 313. The molecule has 0 radical (unpaired) electrons. The zero-order valence-corrected chi connectivity index (χ0v) is 10.7. The predicted molar refractivity (Wildman–Crippen MR) is 62.1 cm³/mol. The van der Waals surface area contributed by atoms with Gasteiger partial charge in [-0.1, -0.05) is 5.16 Å². The molecule has 6 nitrogen and oxygen atoms in total. The second-order valence-electron chi connectivity index (χ2n) is 4.99. The molecule has 0 aromatic rings. The van der Waals surface area contributed by atoms with Crippen LogP contribution in [0.1, 0.15) is 41.5 Å². The molecule has 0 rings (SSSR count). The minimum atomic E-state index is -0.789. The fraction of sp³-hybridized carbons (Fsp3) is 0.800. The first kappa shape index (κ1) is 14.5. The van der Waals surface area contributed by atoms with Gasteiger partial charge in [0.2, 0.25) is 0 Å². The van der Waals surface area contributed by atoms with E-state index in [4.69, 9.17) is 5.73 Å². The highest BCUT2D eigenvalue weighted by molar-refractivity contribution is 5.89. The number of nitrogens with two attached hydrogens (primary N) is 1. The molecular weight excluding hydrogens is 208 g/mol. The SMILES string of the molecule is CC(=O)ON=C(N)C(C)(C)N=NC(C)(C)C. The summed E-state index contributed by atoms with van der Waals surface area (Å²) in [5, 5.41) is 11.7. The van der Waals surface area contributed by atoms with E-state index in [0.717, 1.165) is 0 Å². The van der Waals surface area contributed by atoms with Gasteiger partial charge in [-0.15, -0.1) is 0 Å². The third-order valence-corrected chi connectivity index (χ3v) is 1.50. The van der Waals surface area contributed by atoms with Crippen LogP contribution in [0.2, 0.25) is 0 Å². The Labute approximate surface area is 95.9 Å². The molecule has 0 fully saturated rings. The van der Waals surface area contributed by atoms with E-state index in [1.54, 1.807) is 13.8 Å². The van der Waals surface area contributed by atoms with Crippen LogP contribution in [0.15, 0.2) is 15.4 Å². The molecule has 2 N–H and O–H groups in total. The number of azo groups is 1. The Morgan fingerprint density at radius 1 is 1.12 bits per heavy atom. The van der Waals surface area contributed by atoms with E-state index in [9.17, 15) is 4.79 Å². The highest BCUT2D eigenvalue weighted by Gasteiger charge is 2.24. The van der Waals surface area contributed by atoms with Gasteiger partial charge < -0.3 is 10.6 Å². The van der Waals surface area contributed by atoms with Gasteiger partial charge in [-0.05, 0) is 34.6 Å². The van der Waals surface area contributed by atoms with Crippen molar-refractivity contribution in [2.24, 2.45) is 21.1 Å². The smallest absolute Gasteiger partial charge is 0.332 e. The van der Waals surface area contributed by atoms with E-state index in [-0.39, 0.29) is 11.4 Å². The van der Waals surface area contributed by atoms with Gasteiger partial charge in [-0.3, -0.25) is 0 Å². The summed E-state index contributed by atoms with van der Waals surface area (Å²) in [5.41, 5.74) is 4.58. The summed E-state index contributed by atoms with van der Waals surface area (Å²) in [4.78, 5) is 15.0. The fourth-order valence-electron chi connectivity index (χ4n) is 0.551. The topological polar surface area (TPSA) is 89.4 Å². The van der Waals surface area contributed by atoms with Crippen molar-refractivity contribution >= 4 is 11.8 Å². The van der Waals surface area contributed by atoms with Crippen LogP contribution >= 0.6 is 0 Å². The molecule has 92 valence electrons. The second kappa shape index (κ2) is 5.05. The van der Waals surface area contributed by atoms with Crippen molar-refractivity contribution in [2.45, 2.75) is 52.6 Å². The minimum absolute atomic E-state index is 0.107. The molecule has 0 amide bonds. The van der Waals surface area contributed by atoms with Crippen LogP contribution in [-0.2, 0) is 9.63 Å². The maximum atomic E-state index is 10.6. The lowest BCUT2D eigenvalue weighted by Gasteiger charge is -2.19. The normalized spacial score (nSPS) is 14.2. The van der Waals surface area contributed by atoms with Gasteiger partial charge in [-0.25, -0.2) is 4.79 Å². The molecule has 0 aromatic carbocycles. The summed E-state index contributed by atoms with van der Waals surface area (Å²) >= 11 is 0. The average molecular weight is 228 g/mol. The number of hydrogen-bond donors (Lipinski definition) is 1. The quantitative estimate of drug-likeness (QED) is 0.263. The molecule has 0 heterocycles. The van der Waals surface area contributed by atoms with Crippen LogP contribution in [0.25, 0.3) is 0 Å². The first-order valence-corrected chi connectivity index (χ1v) is 5.00. The molecule has 0 saturated carbocycles. The number of hydrogen-bond acceptors (Lipinski definition) is 5. The van der Waals surface area contributed by atoms with Gasteiger partial charge in [-0.2, -0.15) is 10.2 Å². The molecule has 0 spiro atoms. The van der Waals surface area contributed by atoms with Crippen LogP contribution in [0.5, 0.6) is 0 Å². The number of carbonyl (C=O) groups is 1. The molecular formula is C10H20N4O2. The van der Waals surface area contributed by atoms with E-state index in [0.29, 0.717) is 0 Å². The molecule has 0 aromatic heterocycles. The maximum Gasteiger partial charge on any atom is 0.332 e. The van der Waals surface area contributed by atoms with Crippen molar-refractivity contribution in [1.29, 1.82) is 0 Å². The van der Waals surface area contributed by atoms with Gasteiger partial charge in [0.05, 0.1) is 5.54 Å².